The molecule has 0 saturated carbocycles. The molecule has 112 valence electrons. The van der Waals surface area contributed by atoms with Crippen LogP contribution >= 0.6 is 0 Å². The van der Waals surface area contributed by atoms with Gasteiger partial charge in [-0.25, -0.2) is 0 Å². The third-order valence-corrected chi connectivity index (χ3v) is 3.81. The minimum atomic E-state index is -0.973. The molecule has 2 N–H and O–H groups in total. The molecule has 20 heavy (non-hydrogen) atoms. The van der Waals surface area contributed by atoms with Crippen molar-refractivity contribution in [2.24, 2.45) is 0 Å². The minimum absolute atomic E-state index is 0.196. The second-order valence-electron chi connectivity index (χ2n) is 5.13. The van der Waals surface area contributed by atoms with Crippen molar-refractivity contribution < 1.29 is 19.4 Å². The van der Waals surface area contributed by atoms with Gasteiger partial charge in [0, 0.05) is 39.4 Å². The summed E-state index contributed by atoms with van der Waals surface area (Å²) in [4.78, 5) is 12.2. The molecule has 1 aromatic rings. The van der Waals surface area contributed by atoms with Gasteiger partial charge in [0.2, 0.25) is 0 Å². The first-order valence-electron chi connectivity index (χ1n) is 6.83. The lowest BCUT2D eigenvalue weighted by atomic mass is 9.97. The van der Waals surface area contributed by atoms with E-state index in [0.717, 1.165) is 0 Å². The largest absolute Gasteiger partial charge is 0.385 e. The predicted octanol–water partition coefficient (Wildman–Crippen LogP) is 0.404. The molecule has 0 bridgehead atoms. The summed E-state index contributed by atoms with van der Waals surface area (Å²) in [6.07, 6.45) is 2.12. The molecule has 2 heterocycles. The summed E-state index contributed by atoms with van der Waals surface area (Å²) in [5.41, 5.74) is -0.406. The Balaban J connectivity index is 1.93. The topological polar surface area (TPSA) is 72.7 Å². The zero-order chi connectivity index (χ0) is 14.6. The number of nitrogens with one attached hydrogen (secondary N) is 1. The molecule has 6 heteroatoms. The van der Waals surface area contributed by atoms with E-state index in [1.807, 2.05) is 23.8 Å². The number of aromatic nitrogens is 1. The number of carbonyl (C=O) groups excluding carboxylic acids is 1. The van der Waals surface area contributed by atoms with Gasteiger partial charge in [-0.05, 0) is 19.1 Å². The van der Waals surface area contributed by atoms with Gasteiger partial charge in [0.25, 0.3) is 5.91 Å². The molecule has 2 unspecified atom stereocenters. The summed E-state index contributed by atoms with van der Waals surface area (Å²) in [5, 5.41) is 13.1. The van der Waals surface area contributed by atoms with Gasteiger partial charge in [-0.3, -0.25) is 4.79 Å². The van der Waals surface area contributed by atoms with Crippen molar-refractivity contribution in [2.75, 3.05) is 26.9 Å². The van der Waals surface area contributed by atoms with Gasteiger partial charge < -0.3 is 24.5 Å². The molecule has 2 rings (SSSR count). The Morgan fingerprint density at radius 2 is 2.50 bits per heavy atom. The van der Waals surface area contributed by atoms with Crippen molar-refractivity contribution in [1.29, 1.82) is 0 Å². The van der Waals surface area contributed by atoms with Crippen molar-refractivity contribution in [3.8, 4) is 0 Å². The summed E-state index contributed by atoms with van der Waals surface area (Å²) in [6.45, 7) is 3.71. The summed E-state index contributed by atoms with van der Waals surface area (Å²) < 4.78 is 12.2. The average molecular weight is 282 g/mol. The molecule has 0 radical (unpaired) electrons. The molecule has 2 atom stereocenters. The van der Waals surface area contributed by atoms with E-state index >= 15 is 0 Å². The fraction of sp³-hybridized carbons (Fsp3) is 0.643. The van der Waals surface area contributed by atoms with Crippen LogP contribution in [0.2, 0.25) is 0 Å². The summed E-state index contributed by atoms with van der Waals surface area (Å²) >= 11 is 0. The van der Waals surface area contributed by atoms with Crippen molar-refractivity contribution in [2.45, 2.75) is 31.6 Å². The number of aliphatic hydroxyl groups is 1. The van der Waals surface area contributed by atoms with Crippen molar-refractivity contribution in [1.82, 2.24) is 9.88 Å². The Bertz CT molecular complexity index is 460. The normalized spacial score (nSPS) is 25.9. The molecule has 1 saturated heterocycles. The second-order valence-corrected chi connectivity index (χ2v) is 5.13. The fourth-order valence-corrected chi connectivity index (χ4v) is 2.33. The minimum Gasteiger partial charge on any atom is -0.385 e. The van der Waals surface area contributed by atoms with E-state index in [4.69, 9.17) is 9.47 Å². The first-order valence-corrected chi connectivity index (χ1v) is 6.83. The van der Waals surface area contributed by atoms with E-state index in [9.17, 15) is 9.90 Å². The van der Waals surface area contributed by atoms with Crippen molar-refractivity contribution >= 4 is 5.91 Å². The maximum atomic E-state index is 12.2. The average Bonchev–Trinajstić information content (AvgIpc) is 3.02. The van der Waals surface area contributed by atoms with Crippen LogP contribution in [0.1, 0.15) is 23.8 Å². The number of methoxy groups -OCH3 is 1. The van der Waals surface area contributed by atoms with Crippen LogP contribution < -0.4 is 5.32 Å². The van der Waals surface area contributed by atoms with E-state index in [2.05, 4.69) is 5.32 Å². The SMILES string of the molecule is COCCn1cccc1C(=O)NCC1(O)CCOC1C. The van der Waals surface area contributed by atoms with Crippen LogP contribution in [0.5, 0.6) is 0 Å². The van der Waals surface area contributed by atoms with E-state index in [-0.39, 0.29) is 18.6 Å². The number of ether oxygens (including phenoxy) is 2. The lowest BCUT2D eigenvalue weighted by molar-refractivity contribution is -0.0252. The van der Waals surface area contributed by atoms with Gasteiger partial charge in [0.1, 0.15) is 11.3 Å². The Labute approximate surface area is 118 Å². The smallest absolute Gasteiger partial charge is 0.268 e. The van der Waals surface area contributed by atoms with E-state index in [1.54, 1.807) is 13.2 Å². The third-order valence-electron chi connectivity index (χ3n) is 3.81. The molecular formula is C14H22N2O4. The van der Waals surface area contributed by atoms with E-state index in [1.165, 1.54) is 0 Å². The van der Waals surface area contributed by atoms with Crippen LogP contribution in [0.3, 0.4) is 0 Å². The van der Waals surface area contributed by atoms with Gasteiger partial charge >= 0.3 is 0 Å². The Hall–Kier alpha value is -1.37. The third kappa shape index (κ3) is 3.20. The molecule has 1 aromatic heterocycles. The molecule has 1 fully saturated rings. The highest BCUT2D eigenvalue weighted by atomic mass is 16.5. The zero-order valence-electron chi connectivity index (χ0n) is 12.0. The van der Waals surface area contributed by atoms with Gasteiger partial charge in [-0.15, -0.1) is 0 Å². The van der Waals surface area contributed by atoms with Crippen molar-refractivity contribution in [3.63, 3.8) is 0 Å². The highest BCUT2D eigenvalue weighted by Gasteiger charge is 2.39. The lowest BCUT2D eigenvalue weighted by Gasteiger charge is -2.26. The zero-order valence-corrected chi connectivity index (χ0v) is 12.0. The first kappa shape index (κ1) is 15.0. The van der Waals surface area contributed by atoms with Crippen LogP contribution in [-0.4, -0.2) is 54.2 Å². The number of rotatable bonds is 6. The van der Waals surface area contributed by atoms with Crippen LogP contribution in [0.15, 0.2) is 18.3 Å². The number of carbonyl (C=O) groups is 1. The first-order chi connectivity index (χ1) is 9.57. The Morgan fingerprint density at radius 3 is 3.15 bits per heavy atom. The molecular weight excluding hydrogens is 260 g/mol. The molecule has 0 spiro atoms. The quantitative estimate of drug-likeness (QED) is 0.792. The van der Waals surface area contributed by atoms with Gasteiger partial charge in [-0.1, -0.05) is 0 Å². The van der Waals surface area contributed by atoms with Gasteiger partial charge in [0.15, 0.2) is 0 Å². The molecule has 1 amide bonds. The summed E-state index contributed by atoms with van der Waals surface area (Å²) in [6, 6.07) is 3.57. The highest BCUT2D eigenvalue weighted by molar-refractivity contribution is 5.92. The van der Waals surface area contributed by atoms with Crippen LogP contribution in [-0.2, 0) is 16.0 Å². The number of nitrogens with zero attached hydrogens (tertiary/aromatic N) is 1. The summed E-state index contributed by atoms with van der Waals surface area (Å²) in [5.74, 6) is -0.196. The Kier molecular flexibility index (Phi) is 4.80. The monoisotopic (exact) mass is 282 g/mol. The van der Waals surface area contributed by atoms with E-state index < -0.39 is 5.60 Å². The predicted molar refractivity (Wildman–Crippen MR) is 73.6 cm³/mol. The highest BCUT2D eigenvalue weighted by Crippen LogP contribution is 2.24. The number of hydrogen-bond donors (Lipinski definition) is 2. The lowest BCUT2D eigenvalue weighted by Crippen LogP contribution is -2.47. The number of amides is 1. The molecule has 0 aromatic carbocycles. The fourth-order valence-electron chi connectivity index (χ4n) is 2.33. The van der Waals surface area contributed by atoms with Crippen LogP contribution in [0.4, 0.5) is 0 Å². The summed E-state index contributed by atoms with van der Waals surface area (Å²) in [7, 11) is 1.63. The maximum absolute atomic E-state index is 12.2. The number of hydrogen-bond acceptors (Lipinski definition) is 4. The van der Waals surface area contributed by atoms with Gasteiger partial charge in [-0.2, -0.15) is 0 Å². The molecule has 1 aliphatic heterocycles. The van der Waals surface area contributed by atoms with Gasteiger partial charge in [0.05, 0.1) is 12.7 Å². The van der Waals surface area contributed by atoms with Crippen molar-refractivity contribution in [3.05, 3.63) is 24.0 Å². The van der Waals surface area contributed by atoms with Crippen LogP contribution in [0, 0.1) is 0 Å². The Morgan fingerprint density at radius 1 is 1.70 bits per heavy atom. The molecule has 0 aliphatic carbocycles. The second kappa shape index (κ2) is 6.39. The standard InChI is InChI=1S/C14H22N2O4/c1-11-14(18,5-8-20-11)10-15-13(17)12-4-3-6-16(12)7-9-19-2/h3-4,6,11,18H,5,7-10H2,1-2H3,(H,15,17). The molecule has 1 aliphatic rings. The maximum Gasteiger partial charge on any atom is 0.268 e. The molecule has 6 nitrogen and oxygen atoms in total. The van der Waals surface area contributed by atoms with Crippen LogP contribution in [0.25, 0.3) is 0 Å². The van der Waals surface area contributed by atoms with E-state index in [0.29, 0.717) is 31.9 Å².